The second-order valence-corrected chi connectivity index (χ2v) is 12.9. The summed E-state index contributed by atoms with van der Waals surface area (Å²) in [5.74, 6) is -0.401. The number of rotatable bonds is 8. The van der Waals surface area contributed by atoms with Crippen LogP contribution in [0.4, 0.5) is 15.8 Å². The van der Waals surface area contributed by atoms with Gasteiger partial charge in [-0.05, 0) is 87.9 Å². The smallest absolute Gasteiger partial charge is 0.193 e. The number of aromatic nitrogens is 3. The van der Waals surface area contributed by atoms with Gasteiger partial charge in [0.2, 0.25) is 0 Å². The summed E-state index contributed by atoms with van der Waals surface area (Å²) in [6.45, 7) is 8.02. The van der Waals surface area contributed by atoms with Gasteiger partial charge in [-0.15, -0.1) is 0 Å². The predicted octanol–water partition coefficient (Wildman–Crippen LogP) is 5.12. The Kier molecular flexibility index (Phi) is 7.84. The summed E-state index contributed by atoms with van der Waals surface area (Å²) in [6, 6.07) is 12.2. The lowest BCUT2D eigenvalue weighted by atomic mass is 10.0. The van der Waals surface area contributed by atoms with Crippen LogP contribution >= 0.6 is 0 Å². The summed E-state index contributed by atoms with van der Waals surface area (Å²) >= 11 is 0. The number of hydrogen-bond acceptors (Lipinski definition) is 7. The Morgan fingerprint density at radius 2 is 1.82 bits per heavy atom. The highest BCUT2D eigenvalue weighted by Crippen LogP contribution is 2.39. The highest BCUT2D eigenvalue weighted by atomic mass is 19.1. The largest absolute Gasteiger partial charge is 0.391 e. The Morgan fingerprint density at radius 1 is 0.955 bits per heavy atom. The molecule has 3 fully saturated rings. The molecule has 9 heteroatoms. The number of anilines is 2. The summed E-state index contributed by atoms with van der Waals surface area (Å²) in [5, 5.41) is 10.5. The fourth-order valence-corrected chi connectivity index (χ4v) is 6.99. The van der Waals surface area contributed by atoms with E-state index in [-0.39, 0.29) is 11.5 Å². The lowest BCUT2D eigenvalue weighted by Gasteiger charge is -2.40. The number of benzene rings is 1. The molecule has 0 unspecified atom stereocenters. The summed E-state index contributed by atoms with van der Waals surface area (Å²) in [4.78, 5) is 29.8. The minimum absolute atomic E-state index is 0.102. The monoisotopic (exact) mass is 596 g/mol. The third-order valence-corrected chi connectivity index (χ3v) is 9.51. The van der Waals surface area contributed by atoms with Gasteiger partial charge in [0.05, 0.1) is 29.2 Å². The molecule has 8 nitrogen and oxygen atoms in total. The number of aliphatic hydroxyl groups excluding tert-OH is 1. The van der Waals surface area contributed by atoms with Crippen LogP contribution in [0.5, 0.6) is 0 Å². The summed E-state index contributed by atoms with van der Waals surface area (Å²) in [6.07, 6.45) is 10.2. The van der Waals surface area contributed by atoms with E-state index in [1.807, 2.05) is 43.4 Å². The summed E-state index contributed by atoms with van der Waals surface area (Å²) < 4.78 is 17.8. The Labute approximate surface area is 257 Å². The third kappa shape index (κ3) is 5.95. The van der Waals surface area contributed by atoms with Crippen LogP contribution in [0.1, 0.15) is 60.7 Å². The van der Waals surface area contributed by atoms with E-state index in [0.29, 0.717) is 55.3 Å². The normalized spacial score (nSPS) is 20.7. The zero-order valence-corrected chi connectivity index (χ0v) is 25.6. The molecule has 0 spiro atoms. The second kappa shape index (κ2) is 11.9. The number of fused-ring (bicyclic) bond motifs is 1. The first-order valence-electron chi connectivity index (χ1n) is 16.0. The first-order valence-corrected chi connectivity index (χ1v) is 16.0. The van der Waals surface area contributed by atoms with Gasteiger partial charge in [-0.3, -0.25) is 19.7 Å². The number of halogens is 1. The molecule has 3 aromatic heterocycles. The van der Waals surface area contributed by atoms with Crippen molar-refractivity contribution in [3.63, 3.8) is 0 Å². The highest BCUT2D eigenvalue weighted by molar-refractivity contribution is 5.84. The number of nitrogens with zero attached hydrogens (tertiary/aromatic N) is 6. The maximum Gasteiger partial charge on any atom is 0.193 e. The zero-order valence-electron chi connectivity index (χ0n) is 25.6. The van der Waals surface area contributed by atoms with E-state index in [1.54, 1.807) is 0 Å². The van der Waals surface area contributed by atoms with Gasteiger partial charge in [-0.25, -0.2) is 4.39 Å². The standard InChI is InChI=1S/C35H41FN6O2/c1-23-5-6-28(17-38-23)39-12-3-4-29(21-39)41(18-25-9-11-37-24(2)14-25)19-26-20-42(27-7-8-27)33-16-34(40-13-10-30(43)22-40)32(36)15-31(33)35(26)44/h5-6,9,11,14-17,20,27,29-30,43H,3-4,7-8,10,12-13,18-19,21-22H2,1-2H3/t29-,30+/m0/s1. The van der Waals surface area contributed by atoms with E-state index in [4.69, 9.17) is 0 Å². The van der Waals surface area contributed by atoms with E-state index in [9.17, 15) is 9.90 Å². The Morgan fingerprint density at radius 3 is 2.55 bits per heavy atom. The maximum absolute atomic E-state index is 15.6. The molecule has 2 saturated heterocycles. The summed E-state index contributed by atoms with van der Waals surface area (Å²) in [5.41, 5.74) is 6.11. The van der Waals surface area contributed by atoms with Crippen LogP contribution in [0.3, 0.4) is 0 Å². The molecule has 5 heterocycles. The molecule has 1 aromatic carbocycles. The van der Waals surface area contributed by atoms with Crippen molar-refractivity contribution in [1.29, 1.82) is 0 Å². The van der Waals surface area contributed by atoms with Crippen molar-refractivity contribution in [3.8, 4) is 0 Å². The molecular weight excluding hydrogens is 555 g/mol. The second-order valence-electron chi connectivity index (χ2n) is 12.9. The molecular formula is C35H41FN6O2. The van der Waals surface area contributed by atoms with Crippen LogP contribution in [-0.2, 0) is 13.1 Å². The first kappa shape index (κ1) is 28.9. The van der Waals surface area contributed by atoms with E-state index < -0.39 is 11.9 Å². The van der Waals surface area contributed by atoms with Gasteiger partial charge in [0.25, 0.3) is 0 Å². The van der Waals surface area contributed by atoms with Crippen molar-refractivity contribution < 1.29 is 9.50 Å². The number of pyridine rings is 3. The molecule has 2 aliphatic heterocycles. The fraction of sp³-hybridized carbons (Fsp3) is 0.457. The molecule has 1 aliphatic carbocycles. The lowest BCUT2D eigenvalue weighted by Crippen LogP contribution is -2.48. The van der Waals surface area contributed by atoms with Crippen molar-refractivity contribution in [2.24, 2.45) is 0 Å². The molecule has 0 amide bonds. The molecule has 3 aliphatic rings. The van der Waals surface area contributed by atoms with Crippen molar-refractivity contribution in [3.05, 3.63) is 93.5 Å². The van der Waals surface area contributed by atoms with E-state index in [2.05, 4.69) is 48.6 Å². The molecule has 44 heavy (non-hydrogen) atoms. The van der Waals surface area contributed by atoms with Crippen molar-refractivity contribution in [2.45, 2.75) is 77.2 Å². The molecule has 1 N–H and O–H groups in total. The Bertz CT molecular complexity index is 1720. The first-order chi connectivity index (χ1) is 21.3. The fourth-order valence-electron chi connectivity index (χ4n) is 6.99. The number of piperidine rings is 1. The zero-order chi connectivity index (χ0) is 30.4. The van der Waals surface area contributed by atoms with E-state index in [0.717, 1.165) is 61.4 Å². The molecule has 0 radical (unpaired) electrons. The number of β-amino-alcohol motifs (C(OH)–C–C–N with tert-alkyl or cyclic N) is 1. The molecule has 2 atom stereocenters. The molecule has 4 aromatic rings. The van der Waals surface area contributed by atoms with Gasteiger partial charge in [0, 0.05) is 86.1 Å². The topological polar surface area (TPSA) is 77.7 Å². The van der Waals surface area contributed by atoms with Gasteiger partial charge < -0.3 is 19.5 Å². The van der Waals surface area contributed by atoms with Crippen LogP contribution in [-0.4, -0.2) is 62.9 Å². The van der Waals surface area contributed by atoms with E-state index >= 15 is 4.39 Å². The van der Waals surface area contributed by atoms with Gasteiger partial charge in [-0.2, -0.15) is 0 Å². The van der Waals surface area contributed by atoms with Crippen molar-refractivity contribution in [2.75, 3.05) is 36.0 Å². The maximum atomic E-state index is 15.6. The van der Waals surface area contributed by atoms with Gasteiger partial charge in [0.1, 0.15) is 5.82 Å². The van der Waals surface area contributed by atoms with Crippen LogP contribution in [0.25, 0.3) is 10.9 Å². The average Bonchev–Trinajstić information content (AvgIpc) is 3.78. The van der Waals surface area contributed by atoms with Gasteiger partial charge in [0.15, 0.2) is 5.43 Å². The van der Waals surface area contributed by atoms with Crippen LogP contribution in [0, 0.1) is 19.7 Å². The van der Waals surface area contributed by atoms with Crippen LogP contribution in [0.2, 0.25) is 0 Å². The number of hydrogen-bond donors (Lipinski definition) is 1. The predicted molar refractivity (Wildman–Crippen MR) is 172 cm³/mol. The minimum Gasteiger partial charge on any atom is -0.391 e. The Hall–Kier alpha value is -3.82. The molecule has 230 valence electrons. The molecule has 1 saturated carbocycles. The number of aryl methyl sites for hydroxylation is 2. The molecule has 0 bridgehead atoms. The van der Waals surface area contributed by atoms with Crippen molar-refractivity contribution in [1.82, 2.24) is 19.4 Å². The van der Waals surface area contributed by atoms with Gasteiger partial charge >= 0.3 is 0 Å². The van der Waals surface area contributed by atoms with Crippen LogP contribution in [0.15, 0.2) is 59.8 Å². The highest BCUT2D eigenvalue weighted by Gasteiger charge is 2.31. The molecule has 7 rings (SSSR count). The lowest BCUT2D eigenvalue weighted by molar-refractivity contribution is 0.158. The van der Waals surface area contributed by atoms with Crippen LogP contribution < -0.4 is 15.2 Å². The van der Waals surface area contributed by atoms with E-state index in [1.165, 1.54) is 11.6 Å². The quantitative estimate of drug-likeness (QED) is 0.302. The minimum atomic E-state index is -0.453. The van der Waals surface area contributed by atoms with Crippen molar-refractivity contribution >= 4 is 22.3 Å². The average molecular weight is 597 g/mol. The van der Waals surface area contributed by atoms with Gasteiger partial charge in [-0.1, -0.05) is 0 Å². The third-order valence-electron chi connectivity index (χ3n) is 9.51. The SMILES string of the molecule is Cc1ccc(N2CCC[C@H](N(Cc3ccnc(C)c3)Cc3cn(C4CC4)c4cc(N5CC[C@@H](O)C5)c(F)cc4c3=O)C2)cn1. The summed E-state index contributed by atoms with van der Waals surface area (Å²) in [7, 11) is 0. The Balaban J connectivity index is 1.25. The number of aliphatic hydroxyl groups is 1.